The SMILES string of the molecule is CCC(C)(CNS(=O)(=O)c1ccc(C)s1)C(=O)O. The topological polar surface area (TPSA) is 83.5 Å². The average Bonchev–Trinajstić information content (AvgIpc) is 2.73. The van der Waals surface area contributed by atoms with Crippen LogP contribution in [0, 0.1) is 12.3 Å². The highest BCUT2D eigenvalue weighted by molar-refractivity contribution is 7.91. The summed E-state index contributed by atoms with van der Waals surface area (Å²) in [5, 5.41) is 9.07. The van der Waals surface area contributed by atoms with Crippen LogP contribution in [0.5, 0.6) is 0 Å². The van der Waals surface area contributed by atoms with Crippen LogP contribution in [0.15, 0.2) is 16.3 Å². The molecule has 0 aliphatic rings. The molecule has 0 saturated carbocycles. The maximum atomic E-state index is 11.9. The third kappa shape index (κ3) is 3.30. The molecule has 0 aromatic carbocycles. The number of sulfonamides is 1. The summed E-state index contributed by atoms with van der Waals surface area (Å²) in [5.74, 6) is -1.00. The molecule has 0 radical (unpaired) electrons. The van der Waals surface area contributed by atoms with Crippen LogP contribution in [0.4, 0.5) is 0 Å². The Balaban J connectivity index is 2.83. The third-order valence-electron chi connectivity index (χ3n) is 2.93. The predicted octanol–water partition coefficient (Wildman–Crippen LogP) is 1.84. The van der Waals surface area contributed by atoms with Crippen molar-refractivity contribution in [1.82, 2.24) is 4.72 Å². The van der Waals surface area contributed by atoms with Gasteiger partial charge in [-0.2, -0.15) is 0 Å². The summed E-state index contributed by atoms with van der Waals surface area (Å²) in [6.45, 7) is 4.95. The summed E-state index contributed by atoms with van der Waals surface area (Å²) in [6, 6.07) is 3.24. The normalized spacial score (nSPS) is 15.3. The van der Waals surface area contributed by atoms with Crippen molar-refractivity contribution in [2.24, 2.45) is 5.41 Å². The molecule has 1 unspecified atom stereocenters. The van der Waals surface area contributed by atoms with E-state index >= 15 is 0 Å². The van der Waals surface area contributed by atoms with E-state index in [4.69, 9.17) is 5.11 Å². The van der Waals surface area contributed by atoms with Crippen molar-refractivity contribution in [2.45, 2.75) is 31.4 Å². The van der Waals surface area contributed by atoms with Gasteiger partial charge in [0.2, 0.25) is 10.0 Å². The molecule has 102 valence electrons. The first kappa shape index (κ1) is 15.1. The van der Waals surface area contributed by atoms with Crippen LogP contribution in [0.1, 0.15) is 25.1 Å². The Morgan fingerprint density at radius 3 is 2.50 bits per heavy atom. The van der Waals surface area contributed by atoms with Crippen molar-refractivity contribution in [3.05, 3.63) is 17.0 Å². The fourth-order valence-corrected chi connectivity index (χ4v) is 3.73. The number of aliphatic carboxylic acids is 1. The third-order valence-corrected chi connectivity index (χ3v) is 5.82. The molecule has 0 bridgehead atoms. The summed E-state index contributed by atoms with van der Waals surface area (Å²) < 4.78 is 26.4. The zero-order chi connectivity index (χ0) is 14.0. The van der Waals surface area contributed by atoms with Crippen molar-refractivity contribution >= 4 is 27.3 Å². The maximum Gasteiger partial charge on any atom is 0.310 e. The molecule has 0 aliphatic carbocycles. The number of carboxylic acid groups (broad SMARTS) is 1. The summed E-state index contributed by atoms with van der Waals surface area (Å²) in [6.07, 6.45) is 0.355. The van der Waals surface area contributed by atoms with Gasteiger partial charge >= 0.3 is 5.97 Å². The van der Waals surface area contributed by atoms with E-state index in [-0.39, 0.29) is 10.8 Å². The minimum absolute atomic E-state index is 0.113. The second-order valence-corrected chi connectivity index (χ2v) is 7.69. The van der Waals surface area contributed by atoms with Gasteiger partial charge in [-0.25, -0.2) is 13.1 Å². The highest BCUT2D eigenvalue weighted by Gasteiger charge is 2.33. The monoisotopic (exact) mass is 291 g/mol. The molecule has 7 heteroatoms. The summed E-state index contributed by atoms with van der Waals surface area (Å²) in [7, 11) is -3.61. The fourth-order valence-electron chi connectivity index (χ4n) is 1.23. The van der Waals surface area contributed by atoms with E-state index in [1.807, 2.05) is 6.92 Å². The number of hydrogen-bond donors (Lipinski definition) is 2. The van der Waals surface area contributed by atoms with E-state index in [2.05, 4.69) is 4.72 Å². The molecule has 18 heavy (non-hydrogen) atoms. The van der Waals surface area contributed by atoms with E-state index in [1.54, 1.807) is 13.0 Å². The van der Waals surface area contributed by atoms with Gasteiger partial charge in [0.05, 0.1) is 5.41 Å². The molecule has 1 atom stereocenters. The lowest BCUT2D eigenvalue weighted by Crippen LogP contribution is -2.40. The summed E-state index contributed by atoms with van der Waals surface area (Å²) in [4.78, 5) is 12.0. The van der Waals surface area contributed by atoms with Gasteiger partial charge in [-0.15, -0.1) is 11.3 Å². The van der Waals surface area contributed by atoms with Crippen molar-refractivity contribution < 1.29 is 18.3 Å². The summed E-state index contributed by atoms with van der Waals surface area (Å²) in [5.41, 5.74) is -1.08. The highest BCUT2D eigenvalue weighted by atomic mass is 32.2. The minimum Gasteiger partial charge on any atom is -0.481 e. The first-order chi connectivity index (χ1) is 8.21. The Hall–Kier alpha value is -0.920. The van der Waals surface area contributed by atoms with Crippen LogP contribution in [0.2, 0.25) is 0 Å². The first-order valence-electron chi connectivity index (χ1n) is 5.51. The van der Waals surface area contributed by atoms with E-state index < -0.39 is 21.4 Å². The molecule has 0 spiro atoms. The Kier molecular flexibility index (Phi) is 4.52. The average molecular weight is 291 g/mol. The van der Waals surface area contributed by atoms with Gasteiger partial charge < -0.3 is 5.11 Å². The second kappa shape index (κ2) is 5.38. The number of nitrogens with one attached hydrogen (secondary N) is 1. The number of thiophene rings is 1. The summed E-state index contributed by atoms with van der Waals surface area (Å²) >= 11 is 1.16. The van der Waals surface area contributed by atoms with Crippen LogP contribution in [0.25, 0.3) is 0 Å². The van der Waals surface area contributed by atoms with Crippen LogP contribution >= 0.6 is 11.3 Å². The van der Waals surface area contributed by atoms with E-state index in [0.717, 1.165) is 16.2 Å². The molecule has 1 aromatic rings. The van der Waals surface area contributed by atoms with Gasteiger partial charge in [-0.1, -0.05) is 6.92 Å². The smallest absolute Gasteiger partial charge is 0.310 e. The Bertz CT molecular complexity index is 535. The molecule has 0 fully saturated rings. The van der Waals surface area contributed by atoms with Gasteiger partial charge in [0.25, 0.3) is 0 Å². The number of aryl methyl sites for hydroxylation is 1. The molecule has 0 amide bonds. The highest BCUT2D eigenvalue weighted by Crippen LogP contribution is 2.23. The largest absolute Gasteiger partial charge is 0.481 e. The second-order valence-electron chi connectivity index (χ2n) is 4.41. The quantitative estimate of drug-likeness (QED) is 0.837. The van der Waals surface area contributed by atoms with Gasteiger partial charge in [-0.05, 0) is 32.4 Å². The van der Waals surface area contributed by atoms with Crippen LogP contribution < -0.4 is 4.72 Å². The predicted molar refractivity (Wildman–Crippen MR) is 70.3 cm³/mol. The van der Waals surface area contributed by atoms with Gasteiger partial charge in [0, 0.05) is 11.4 Å². The lowest BCUT2D eigenvalue weighted by Gasteiger charge is -2.22. The van der Waals surface area contributed by atoms with Crippen molar-refractivity contribution in [3.63, 3.8) is 0 Å². The zero-order valence-corrected chi connectivity index (χ0v) is 12.2. The van der Waals surface area contributed by atoms with Crippen LogP contribution in [0.3, 0.4) is 0 Å². The number of carboxylic acids is 1. The van der Waals surface area contributed by atoms with E-state index in [0.29, 0.717) is 6.42 Å². The molecule has 0 saturated heterocycles. The van der Waals surface area contributed by atoms with Crippen molar-refractivity contribution in [2.75, 3.05) is 6.54 Å². The molecular weight excluding hydrogens is 274 g/mol. The van der Waals surface area contributed by atoms with Crippen LogP contribution in [-0.4, -0.2) is 26.0 Å². The Morgan fingerprint density at radius 1 is 1.50 bits per heavy atom. The fraction of sp³-hybridized carbons (Fsp3) is 0.545. The minimum atomic E-state index is -3.61. The van der Waals surface area contributed by atoms with Crippen LogP contribution in [-0.2, 0) is 14.8 Å². The van der Waals surface area contributed by atoms with E-state index in [1.165, 1.54) is 13.0 Å². The molecule has 1 heterocycles. The van der Waals surface area contributed by atoms with Gasteiger partial charge in [-0.3, -0.25) is 4.79 Å². The first-order valence-corrected chi connectivity index (χ1v) is 7.81. The number of carbonyl (C=O) groups is 1. The maximum absolute atomic E-state index is 11.9. The number of rotatable bonds is 6. The van der Waals surface area contributed by atoms with Gasteiger partial charge in [0.15, 0.2) is 0 Å². The van der Waals surface area contributed by atoms with Crippen molar-refractivity contribution in [1.29, 1.82) is 0 Å². The Labute approximate surface area is 111 Å². The van der Waals surface area contributed by atoms with E-state index in [9.17, 15) is 13.2 Å². The lowest BCUT2D eigenvalue weighted by atomic mass is 9.88. The molecule has 5 nitrogen and oxygen atoms in total. The Morgan fingerprint density at radius 2 is 2.11 bits per heavy atom. The number of hydrogen-bond acceptors (Lipinski definition) is 4. The molecule has 1 rings (SSSR count). The zero-order valence-electron chi connectivity index (χ0n) is 10.6. The molecule has 0 aliphatic heterocycles. The molecular formula is C11H17NO4S2. The van der Waals surface area contributed by atoms with Gasteiger partial charge in [0.1, 0.15) is 4.21 Å². The van der Waals surface area contributed by atoms with Crippen molar-refractivity contribution in [3.8, 4) is 0 Å². The lowest BCUT2D eigenvalue weighted by molar-refractivity contribution is -0.147. The molecule has 1 aromatic heterocycles. The molecule has 2 N–H and O–H groups in total. The standard InChI is InChI=1S/C11H17NO4S2/c1-4-11(3,10(13)14)7-12-18(15,16)9-6-5-8(2)17-9/h5-6,12H,4,7H2,1-3H3,(H,13,14).